The first kappa shape index (κ1) is 12.8. The van der Waals surface area contributed by atoms with Gasteiger partial charge in [0.25, 0.3) is 0 Å². The summed E-state index contributed by atoms with van der Waals surface area (Å²) in [5, 5.41) is 0. The number of nitrogens with two attached hydrogens (primary N) is 1. The van der Waals surface area contributed by atoms with Gasteiger partial charge in [-0.2, -0.15) is 0 Å². The van der Waals surface area contributed by atoms with Crippen molar-refractivity contribution in [1.29, 1.82) is 0 Å². The van der Waals surface area contributed by atoms with Gasteiger partial charge in [-0.3, -0.25) is 4.79 Å². The maximum Gasteiger partial charge on any atom is 0.225 e. The monoisotopic (exact) mass is 240 g/mol. The molecular weight excluding hydrogens is 216 g/mol. The molecule has 0 bridgehead atoms. The van der Waals surface area contributed by atoms with Crippen molar-refractivity contribution in [1.82, 2.24) is 4.90 Å². The first-order valence-corrected chi connectivity index (χ1v) is 6.79. The van der Waals surface area contributed by atoms with Crippen molar-refractivity contribution in [3.8, 4) is 0 Å². The first-order valence-electron chi connectivity index (χ1n) is 6.79. The molecule has 0 radical (unpaired) electrons. The minimum absolute atomic E-state index is 0.135. The third kappa shape index (κ3) is 3.42. The Bertz CT molecular complexity index is 260. The maximum atomic E-state index is 12.1. The van der Waals surface area contributed by atoms with Crippen LogP contribution in [-0.4, -0.2) is 43.2 Å². The van der Waals surface area contributed by atoms with E-state index in [9.17, 15) is 4.79 Å². The summed E-state index contributed by atoms with van der Waals surface area (Å²) in [6.07, 6.45) is 6.45. The van der Waals surface area contributed by atoms with E-state index in [1.54, 1.807) is 0 Å². The molecule has 0 aromatic rings. The molecule has 17 heavy (non-hydrogen) atoms. The molecule has 1 heterocycles. The van der Waals surface area contributed by atoms with Gasteiger partial charge >= 0.3 is 0 Å². The quantitative estimate of drug-likeness (QED) is 0.784. The molecule has 2 fully saturated rings. The van der Waals surface area contributed by atoms with Crippen LogP contribution in [0.5, 0.6) is 0 Å². The predicted molar refractivity (Wildman–Crippen MR) is 66.5 cm³/mol. The summed E-state index contributed by atoms with van der Waals surface area (Å²) in [4.78, 5) is 14.0. The Morgan fingerprint density at radius 3 is 2.71 bits per heavy atom. The SMILES string of the molecule is CN(C(=O)CC1CCCCO1)C(CN)C1CC1. The number of carbonyl (C=O) groups excluding carboxylic acids is 1. The number of carbonyl (C=O) groups is 1. The van der Waals surface area contributed by atoms with Gasteiger partial charge in [-0.05, 0) is 38.0 Å². The second kappa shape index (κ2) is 5.83. The second-order valence-corrected chi connectivity index (χ2v) is 5.34. The van der Waals surface area contributed by atoms with Crippen LogP contribution in [0.3, 0.4) is 0 Å². The Morgan fingerprint density at radius 2 is 2.18 bits per heavy atom. The molecule has 2 aliphatic rings. The van der Waals surface area contributed by atoms with E-state index in [1.807, 2.05) is 11.9 Å². The lowest BCUT2D eigenvalue weighted by Crippen LogP contribution is -2.44. The van der Waals surface area contributed by atoms with E-state index in [0.29, 0.717) is 18.9 Å². The third-order valence-corrected chi connectivity index (χ3v) is 3.97. The third-order valence-electron chi connectivity index (χ3n) is 3.97. The fourth-order valence-corrected chi connectivity index (χ4v) is 2.64. The van der Waals surface area contributed by atoms with Crippen molar-refractivity contribution >= 4 is 5.91 Å². The lowest BCUT2D eigenvalue weighted by molar-refractivity contribution is -0.136. The van der Waals surface area contributed by atoms with E-state index in [2.05, 4.69) is 0 Å². The van der Waals surface area contributed by atoms with Crippen molar-refractivity contribution in [2.45, 2.75) is 50.7 Å². The average molecular weight is 240 g/mol. The molecule has 1 amide bonds. The Kier molecular flexibility index (Phi) is 4.40. The number of rotatable bonds is 5. The summed E-state index contributed by atoms with van der Waals surface area (Å²) in [7, 11) is 1.89. The predicted octanol–water partition coefficient (Wildman–Crippen LogP) is 1.14. The minimum Gasteiger partial charge on any atom is -0.378 e. The van der Waals surface area contributed by atoms with Gasteiger partial charge in [0.15, 0.2) is 0 Å². The number of hydrogen-bond donors (Lipinski definition) is 1. The highest BCUT2D eigenvalue weighted by Gasteiger charge is 2.35. The summed E-state index contributed by atoms with van der Waals surface area (Å²) >= 11 is 0. The van der Waals surface area contributed by atoms with Crippen LogP contribution >= 0.6 is 0 Å². The van der Waals surface area contributed by atoms with Crippen LogP contribution in [0.4, 0.5) is 0 Å². The average Bonchev–Trinajstić information content (AvgIpc) is 3.15. The van der Waals surface area contributed by atoms with Gasteiger partial charge in [-0.1, -0.05) is 0 Å². The van der Waals surface area contributed by atoms with Crippen molar-refractivity contribution in [3.63, 3.8) is 0 Å². The summed E-state index contributed by atoms with van der Waals surface area (Å²) in [6.45, 7) is 1.39. The second-order valence-electron chi connectivity index (χ2n) is 5.34. The molecule has 0 spiro atoms. The summed E-state index contributed by atoms with van der Waals surface area (Å²) in [5.41, 5.74) is 5.76. The van der Waals surface area contributed by atoms with Gasteiger partial charge in [-0.15, -0.1) is 0 Å². The molecule has 0 aromatic heterocycles. The molecule has 4 heteroatoms. The molecule has 1 aliphatic heterocycles. The van der Waals surface area contributed by atoms with E-state index in [0.717, 1.165) is 19.4 Å². The fraction of sp³-hybridized carbons (Fsp3) is 0.923. The van der Waals surface area contributed by atoms with Crippen molar-refractivity contribution in [2.24, 2.45) is 11.7 Å². The summed E-state index contributed by atoms with van der Waals surface area (Å²) in [5.74, 6) is 0.834. The first-order chi connectivity index (χ1) is 8.22. The molecule has 2 atom stereocenters. The smallest absolute Gasteiger partial charge is 0.225 e. The summed E-state index contributed by atoms with van der Waals surface area (Å²) in [6, 6.07) is 0.242. The molecule has 1 saturated heterocycles. The normalized spacial score (nSPS) is 26.6. The van der Waals surface area contributed by atoms with Crippen LogP contribution in [0, 0.1) is 5.92 Å². The Hall–Kier alpha value is -0.610. The van der Waals surface area contributed by atoms with Gasteiger partial charge in [0.1, 0.15) is 0 Å². The van der Waals surface area contributed by atoms with Crippen molar-refractivity contribution in [3.05, 3.63) is 0 Å². The standard InChI is InChI=1S/C13H24N2O2/c1-15(12(9-14)10-5-6-10)13(16)8-11-4-2-3-7-17-11/h10-12H,2-9,14H2,1H3. The van der Waals surface area contributed by atoms with Crippen LogP contribution in [-0.2, 0) is 9.53 Å². The highest BCUT2D eigenvalue weighted by atomic mass is 16.5. The number of ether oxygens (including phenoxy) is 1. The number of likely N-dealkylation sites (N-methyl/N-ethyl adjacent to an activating group) is 1. The Balaban J connectivity index is 1.80. The molecule has 4 nitrogen and oxygen atoms in total. The van der Waals surface area contributed by atoms with E-state index in [4.69, 9.17) is 10.5 Å². The lowest BCUT2D eigenvalue weighted by atomic mass is 10.0. The highest BCUT2D eigenvalue weighted by molar-refractivity contribution is 5.76. The van der Waals surface area contributed by atoms with Gasteiger partial charge < -0.3 is 15.4 Å². The van der Waals surface area contributed by atoms with Crippen LogP contribution in [0.1, 0.15) is 38.5 Å². The zero-order valence-electron chi connectivity index (χ0n) is 10.7. The van der Waals surface area contributed by atoms with E-state index >= 15 is 0 Å². The van der Waals surface area contributed by atoms with Crippen LogP contribution < -0.4 is 5.73 Å². The Morgan fingerprint density at radius 1 is 1.41 bits per heavy atom. The van der Waals surface area contributed by atoms with Crippen LogP contribution in [0.25, 0.3) is 0 Å². The van der Waals surface area contributed by atoms with Crippen molar-refractivity contribution < 1.29 is 9.53 Å². The zero-order chi connectivity index (χ0) is 12.3. The Labute approximate surface area is 103 Å². The zero-order valence-corrected chi connectivity index (χ0v) is 10.7. The highest BCUT2D eigenvalue weighted by Crippen LogP contribution is 2.34. The van der Waals surface area contributed by atoms with Gasteiger partial charge in [0.2, 0.25) is 5.91 Å². The number of amides is 1. The molecule has 2 N–H and O–H groups in total. The molecule has 2 rings (SSSR count). The van der Waals surface area contributed by atoms with Crippen molar-refractivity contribution in [2.75, 3.05) is 20.2 Å². The molecule has 2 unspecified atom stereocenters. The molecule has 98 valence electrons. The summed E-state index contributed by atoms with van der Waals surface area (Å²) < 4.78 is 5.61. The van der Waals surface area contributed by atoms with Crippen LogP contribution in [0.2, 0.25) is 0 Å². The minimum atomic E-state index is 0.135. The topological polar surface area (TPSA) is 55.6 Å². The van der Waals surface area contributed by atoms with E-state index < -0.39 is 0 Å². The largest absolute Gasteiger partial charge is 0.378 e. The molecular formula is C13H24N2O2. The van der Waals surface area contributed by atoms with Gasteiger partial charge in [0, 0.05) is 26.2 Å². The van der Waals surface area contributed by atoms with E-state index in [-0.39, 0.29) is 18.1 Å². The molecule has 1 saturated carbocycles. The fourth-order valence-electron chi connectivity index (χ4n) is 2.64. The molecule has 1 aliphatic carbocycles. The maximum absolute atomic E-state index is 12.1. The van der Waals surface area contributed by atoms with Crippen LogP contribution in [0.15, 0.2) is 0 Å². The van der Waals surface area contributed by atoms with E-state index in [1.165, 1.54) is 19.3 Å². The number of hydrogen-bond acceptors (Lipinski definition) is 3. The number of nitrogens with zero attached hydrogens (tertiary/aromatic N) is 1. The van der Waals surface area contributed by atoms with Gasteiger partial charge in [0.05, 0.1) is 12.5 Å². The van der Waals surface area contributed by atoms with Gasteiger partial charge in [-0.25, -0.2) is 0 Å². The lowest BCUT2D eigenvalue weighted by Gasteiger charge is -2.30. The molecule has 0 aromatic carbocycles.